The molecule has 0 radical (unpaired) electrons. The molecule has 5 heteroatoms. The molecule has 1 aromatic heterocycles. The van der Waals surface area contributed by atoms with Crippen LogP contribution in [0.25, 0.3) is 0 Å². The first-order chi connectivity index (χ1) is 9.61. The van der Waals surface area contributed by atoms with Crippen LogP contribution in [0.4, 0.5) is 4.39 Å². The van der Waals surface area contributed by atoms with Crippen LogP contribution in [0.3, 0.4) is 0 Å². The molecule has 1 heterocycles. The van der Waals surface area contributed by atoms with Gasteiger partial charge in [-0.3, -0.25) is 9.78 Å². The fourth-order valence-electron chi connectivity index (χ4n) is 1.65. The van der Waals surface area contributed by atoms with Crippen LogP contribution >= 0.6 is 15.9 Å². The van der Waals surface area contributed by atoms with Crippen molar-refractivity contribution in [2.45, 2.75) is 13.3 Å². The zero-order chi connectivity index (χ0) is 14.5. The number of ketones is 1. The Labute approximate surface area is 124 Å². The van der Waals surface area contributed by atoms with Crippen LogP contribution in [-0.2, 0) is 0 Å². The first kappa shape index (κ1) is 14.7. The predicted molar refractivity (Wildman–Crippen MR) is 77.6 cm³/mol. The molecule has 0 N–H and O–H groups in total. The highest BCUT2D eigenvalue weighted by Gasteiger charge is 2.12. The molecule has 0 aliphatic heterocycles. The Morgan fingerprint density at radius 1 is 1.30 bits per heavy atom. The number of carbonyl (C=O) groups is 1. The van der Waals surface area contributed by atoms with Crippen molar-refractivity contribution in [3.63, 3.8) is 0 Å². The third-order valence-corrected chi connectivity index (χ3v) is 3.24. The van der Waals surface area contributed by atoms with Crippen molar-refractivity contribution in [3.8, 4) is 5.75 Å². The van der Waals surface area contributed by atoms with E-state index in [4.69, 9.17) is 4.74 Å². The summed E-state index contributed by atoms with van der Waals surface area (Å²) in [6.07, 6.45) is 3.91. The maximum Gasteiger partial charge on any atom is 0.194 e. The van der Waals surface area contributed by atoms with Gasteiger partial charge in [-0.25, -0.2) is 4.39 Å². The van der Waals surface area contributed by atoms with E-state index in [9.17, 15) is 9.18 Å². The van der Waals surface area contributed by atoms with Gasteiger partial charge in [0.25, 0.3) is 0 Å². The van der Waals surface area contributed by atoms with E-state index in [1.807, 2.05) is 6.92 Å². The van der Waals surface area contributed by atoms with E-state index in [1.54, 1.807) is 12.3 Å². The molecule has 2 aromatic rings. The molecule has 0 atom stereocenters. The fraction of sp³-hybridized carbons (Fsp3) is 0.200. The van der Waals surface area contributed by atoms with E-state index in [2.05, 4.69) is 20.9 Å². The van der Waals surface area contributed by atoms with Crippen LogP contribution in [0.1, 0.15) is 29.3 Å². The first-order valence-corrected chi connectivity index (χ1v) is 6.98. The molecule has 0 unspecified atom stereocenters. The smallest absolute Gasteiger partial charge is 0.194 e. The lowest BCUT2D eigenvalue weighted by molar-refractivity contribution is 0.103. The van der Waals surface area contributed by atoms with Gasteiger partial charge in [-0.1, -0.05) is 6.92 Å². The Bertz CT molecular complexity index is 631. The molecular formula is C15H13BrFNO2. The van der Waals surface area contributed by atoms with Gasteiger partial charge in [-0.05, 0) is 46.6 Å². The number of hydrogen-bond acceptors (Lipinski definition) is 3. The van der Waals surface area contributed by atoms with Crippen molar-refractivity contribution in [2.24, 2.45) is 0 Å². The summed E-state index contributed by atoms with van der Waals surface area (Å²) in [5.41, 5.74) is 0.810. The molecular weight excluding hydrogens is 325 g/mol. The van der Waals surface area contributed by atoms with Gasteiger partial charge in [-0.15, -0.1) is 0 Å². The summed E-state index contributed by atoms with van der Waals surface area (Å²) >= 11 is 3.07. The minimum absolute atomic E-state index is 0.222. The lowest BCUT2D eigenvalue weighted by Gasteiger charge is -2.06. The van der Waals surface area contributed by atoms with E-state index in [-0.39, 0.29) is 10.3 Å². The van der Waals surface area contributed by atoms with Gasteiger partial charge in [0.2, 0.25) is 0 Å². The Hall–Kier alpha value is -1.75. The van der Waals surface area contributed by atoms with Crippen LogP contribution in [0, 0.1) is 5.82 Å². The van der Waals surface area contributed by atoms with E-state index in [1.165, 1.54) is 24.4 Å². The number of benzene rings is 1. The maximum absolute atomic E-state index is 13.2. The quantitative estimate of drug-likeness (QED) is 0.774. The minimum atomic E-state index is -0.403. The molecule has 0 amide bonds. The average Bonchev–Trinajstić information content (AvgIpc) is 2.47. The molecule has 2 rings (SSSR count). The molecule has 20 heavy (non-hydrogen) atoms. The number of ether oxygens (including phenoxy) is 1. The predicted octanol–water partition coefficient (Wildman–Crippen LogP) is 4.00. The molecule has 0 saturated carbocycles. The van der Waals surface area contributed by atoms with E-state index >= 15 is 0 Å². The minimum Gasteiger partial charge on any atom is -0.492 e. The summed E-state index contributed by atoms with van der Waals surface area (Å²) < 4.78 is 18.9. The van der Waals surface area contributed by atoms with Gasteiger partial charge >= 0.3 is 0 Å². The molecule has 0 spiro atoms. The SMILES string of the molecule is CCCOc1cncc(C(=O)c2ccc(F)c(Br)c2)c1. The van der Waals surface area contributed by atoms with Crippen molar-refractivity contribution in [1.82, 2.24) is 4.98 Å². The lowest BCUT2D eigenvalue weighted by atomic mass is 10.1. The lowest BCUT2D eigenvalue weighted by Crippen LogP contribution is -2.04. The van der Waals surface area contributed by atoms with Crippen LogP contribution in [0.5, 0.6) is 5.75 Å². The number of hydrogen-bond donors (Lipinski definition) is 0. The second kappa shape index (κ2) is 6.61. The van der Waals surface area contributed by atoms with Crippen LogP contribution in [0.15, 0.2) is 41.1 Å². The molecule has 0 aliphatic rings. The maximum atomic E-state index is 13.2. The second-order valence-electron chi connectivity index (χ2n) is 4.22. The largest absolute Gasteiger partial charge is 0.492 e. The second-order valence-corrected chi connectivity index (χ2v) is 5.07. The molecule has 0 bridgehead atoms. The normalized spacial score (nSPS) is 10.3. The van der Waals surface area contributed by atoms with E-state index < -0.39 is 5.82 Å². The molecule has 0 fully saturated rings. The molecule has 0 saturated heterocycles. The highest BCUT2D eigenvalue weighted by molar-refractivity contribution is 9.10. The van der Waals surface area contributed by atoms with E-state index in [0.717, 1.165) is 6.42 Å². The van der Waals surface area contributed by atoms with Crippen molar-refractivity contribution in [1.29, 1.82) is 0 Å². The average molecular weight is 338 g/mol. The zero-order valence-electron chi connectivity index (χ0n) is 10.9. The highest BCUT2D eigenvalue weighted by atomic mass is 79.9. The van der Waals surface area contributed by atoms with Crippen molar-refractivity contribution in [2.75, 3.05) is 6.61 Å². The van der Waals surface area contributed by atoms with Gasteiger partial charge in [0, 0.05) is 17.3 Å². The van der Waals surface area contributed by atoms with Gasteiger partial charge in [0.15, 0.2) is 5.78 Å². The van der Waals surface area contributed by atoms with Gasteiger partial charge < -0.3 is 4.74 Å². The van der Waals surface area contributed by atoms with Crippen LogP contribution in [-0.4, -0.2) is 17.4 Å². The Balaban J connectivity index is 2.26. The van der Waals surface area contributed by atoms with Crippen molar-refractivity contribution >= 4 is 21.7 Å². The highest BCUT2D eigenvalue weighted by Crippen LogP contribution is 2.20. The summed E-state index contributed by atoms with van der Waals surface area (Å²) in [6.45, 7) is 2.57. The molecule has 1 aromatic carbocycles. The van der Waals surface area contributed by atoms with Crippen LogP contribution in [0.2, 0.25) is 0 Å². The van der Waals surface area contributed by atoms with Gasteiger partial charge in [0.1, 0.15) is 11.6 Å². The molecule has 0 aliphatic carbocycles. The van der Waals surface area contributed by atoms with Crippen molar-refractivity contribution in [3.05, 3.63) is 58.1 Å². The van der Waals surface area contributed by atoms with Crippen LogP contribution < -0.4 is 4.74 Å². The topological polar surface area (TPSA) is 39.2 Å². The zero-order valence-corrected chi connectivity index (χ0v) is 12.5. The number of rotatable bonds is 5. The summed E-state index contributed by atoms with van der Waals surface area (Å²) in [7, 11) is 0. The van der Waals surface area contributed by atoms with Crippen molar-refractivity contribution < 1.29 is 13.9 Å². The first-order valence-electron chi connectivity index (χ1n) is 6.19. The van der Waals surface area contributed by atoms with Gasteiger partial charge in [-0.2, -0.15) is 0 Å². The summed E-state index contributed by atoms with van der Waals surface area (Å²) in [6, 6.07) is 5.80. The number of carbonyl (C=O) groups excluding carboxylic acids is 1. The molecule has 3 nitrogen and oxygen atoms in total. The number of aromatic nitrogens is 1. The molecule has 104 valence electrons. The van der Waals surface area contributed by atoms with Gasteiger partial charge in [0.05, 0.1) is 17.3 Å². The summed E-state index contributed by atoms with van der Waals surface area (Å²) in [4.78, 5) is 16.3. The Kier molecular flexibility index (Phi) is 4.84. The summed E-state index contributed by atoms with van der Waals surface area (Å²) in [5, 5.41) is 0. The number of nitrogens with zero attached hydrogens (tertiary/aromatic N) is 1. The standard InChI is InChI=1S/C15H13BrFNO2/c1-2-5-20-12-6-11(8-18-9-12)15(19)10-3-4-14(17)13(16)7-10/h3-4,6-9H,2,5H2,1H3. The Morgan fingerprint density at radius 3 is 2.80 bits per heavy atom. The third-order valence-electron chi connectivity index (χ3n) is 2.63. The fourth-order valence-corrected chi connectivity index (χ4v) is 2.02. The Morgan fingerprint density at radius 2 is 2.10 bits per heavy atom. The van der Waals surface area contributed by atoms with E-state index in [0.29, 0.717) is 23.5 Å². The summed E-state index contributed by atoms with van der Waals surface area (Å²) in [5.74, 6) is -0.0706. The number of halogens is 2. The number of pyridine rings is 1. The third kappa shape index (κ3) is 3.42. The monoisotopic (exact) mass is 337 g/mol.